The molecule has 0 atom stereocenters. The highest BCUT2D eigenvalue weighted by atomic mass is 35.5. The van der Waals surface area contributed by atoms with E-state index in [2.05, 4.69) is 15.6 Å². The van der Waals surface area contributed by atoms with Crippen LogP contribution in [0, 0.1) is 6.92 Å². The molecule has 0 saturated carbocycles. The minimum Gasteiger partial charge on any atom is -0.486 e. The van der Waals surface area contributed by atoms with Crippen molar-refractivity contribution >= 4 is 51.6 Å². The number of halogens is 1. The van der Waals surface area contributed by atoms with Crippen LogP contribution in [0.2, 0.25) is 5.02 Å². The van der Waals surface area contributed by atoms with Crippen molar-refractivity contribution in [1.82, 2.24) is 10.3 Å². The van der Waals surface area contributed by atoms with Gasteiger partial charge in [-0.2, -0.15) is 0 Å². The Hall–Kier alpha value is -3.62. The molecule has 5 rings (SSSR count). The number of anilines is 1. The smallest absolute Gasteiger partial charge is 0.257 e. The number of aromatic nitrogens is 1. The number of carbonyl (C=O) groups is 1. The molecule has 1 aromatic heterocycles. The number of nitrogens with zero attached hydrogens (tertiary/aromatic N) is 1. The van der Waals surface area contributed by atoms with Gasteiger partial charge in [-0.25, -0.2) is 4.98 Å². The number of benzene rings is 3. The van der Waals surface area contributed by atoms with Crippen LogP contribution in [0.1, 0.15) is 15.9 Å². The Kier molecular flexibility index (Phi) is 5.62. The zero-order valence-electron chi connectivity index (χ0n) is 17.5. The lowest BCUT2D eigenvalue weighted by Crippen LogP contribution is -2.34. The van der Waals surface area contributed by atoms with Gasteiger partial charge in [-0.1, -0.05) is 17.7 Å². The highest BCUT2D eigenvalue weighted by molar-refractivity contribution is 7.80. The number of ether oxygens (including phenoxy) is 2. The lowest BCUT2D eigenvalue weighted by Gasteiger charge is -2.18. The van der Waals surface area contributed by atoms with Crippen molar-refractivity contribution in [3.05, 3.63) is 70.7 Å². The van der Waals surface area contributed by atoms with Gasteiger partial charge < -0.3 is 19.2 Å². The first-order valence-corrected chi connectivity index (χ1v) is 10.9. The van der Waals surface area contributed by atoms with E-state index in [0.717, 1.165) is 16.6 Å². The fraction of sp³-hybridized carbons (Fsp3) is 0.125. The molecule has 2 heterocycles. The minimum absolute atomic E-state index is 0.0992. The van der Waals surface area contributed by atoms with Crippen LogP contribution in [0.3, 0.4) is 0 Å². The van der Waals surface area contributed by atoms with Gasteiger partial charge in [0, 0.05) is 11.1 Å². The molecule has 9 heteroatoms. The van der Waals surface area contributed by atoms with Crippen LogP contribution in [0.4, 0.5) is 5.69 Å². The molecule has 33 heavy (non-hydrogen) atoms. The van der Waals surface area contributed by atoms with Crippen molar-refractivity contribution in [2.24, 2.45) is 0 Å². The van der Waals surface area contributed by atoms with Crippen LogP contribution in [0.5, 0.6) is 11.5 Å². The van der Waals surface area contributed by atoms with Gasteiger partial charge in [0.1, 0.15) is 18.7 Å². The fourth-order valence-corrected chi connectivity index (χ4v) is 3.79. The number of hydrogen-bond acceptors (Lipinski definition) is 6. The highest BCUT2D eigenvalue weighted by Gasteiger charge is 2.17. The molecule has 0 radical (unpaired) electrons. The number of thiocarbonyl (C=S) groups is 1. The number of aryl methyl sites for hydroxylation is 1. The van der Waals surface area contributed by atoms with Gasteiger partial charge in [0.15, 0.2) is 22.2 Å². The lowest BCUT2D eigenvalue weighted by atomic mass is 10.2. The van der Waals surface area contributed by atoms with E-state index in [1.165, 1.54) is 0 Å². The SMILES string of the molecule is Cc1ccc2nc(-c3ccc(Cl)c(NC(=S)NC(=O)c4ccc5c(c4)OCCO5)c3)oc2c1. The Bertz CT molecular complexity index is 1400. The number of nitrogens with one attached hydrogen (secondary N) is 2. The van der Waals surface area contributed by atoms with E-state index in [-0.39, 0.29) is 11.0 Å². The molecule has 3 aromatic carbocycles. The molecular weight excluding hydrogens is 462 g/mol. The number of amides is 1. The normalized spacial score (nSPS) is 12.4. The van der Waals surface area contributed by atoms with Crippen LogP contribution >= 0.6 is 23.8 Å². The fourth-order valence-electron chi connectivity index (χ4n) is 3.42. The third-order valence-corrected chi connectivity index (χ3v) is 5.57. The monoisotopic (exact) mass is 479 g/mol. The van der Waals surface area contributed by atoms with Gasteiger partial charge in [0.05, 0.1) is 10.7 Å². The predicted molar refractivity (Wildman–Crippen MR) is 130 cm³/mol. The third kappa shape index (κ3) is 4.48. The molecule has 0 unspecified atom stereocenters. The molecule has 1 aliphatic heterocycles. The molecule has 166 valence electrons. The Labute approximate surface area is 199 Å². The summed E-state index contributed by atoms with van der Waals surface area (Å²) in [7, 11) is 0. The zero-order chi connectivity index (χ0) is 22.9. The Morgan fingerprint density at radius 3 is 2.70 bits per heavy atom. The van der Waals surface area contributed by atoms with Crippen molar-refractivity contribution in [3.8, 4) is 23.0 Å². The van der Waals surface area contributed by atoms with Crippen molar-refractivity contribution < 1.29 is 18.7 Å². The van der Waals surface area contributed by atoms with E-state index in [1.54, 1.807) is 30.3 Å². The summed E-state index contributed by atoms with van der Waals surface area (Å²) in [4.78, 5) is 17.2. The van der Waals surface area contributed by atoms with Crippen LogP contribution in [-0.2, 0) is 0 Å². The van der Waals surface area contributed by atoms with E-state index in [4.69, 9.17) is 37.7 Å². The number of rotatable bonds is 3. The standard InChI is InChI=1S/C24H18ClN3O4S/c1-13-2-6-17-20(10-13)32-23(26-17)15-3-5-16(25)18(11-15)27-24(33)28-22(29)14-4-7-19-21(12-14)31-9-8-30-19/h2-7,10-12H,8-9H2,1H3,(H2,27,28,29,33). The van der Waals surface area contributed by atoms with Gasteiger partial charge in [0.25, 0.3) is 5.91 Å². The van der Waals surface area contributed by atoms with Crippen LogP contribution in [-0.4, -0.2) is 29.2 Å². The average Bonchev–Trinajstić information content (AvgIpc) is 3.23. The molecular formula is C24H18ClN3O4S. The Morgan fingerprint density at radius 2 is 1.85 bits per heavy atom. The van der Waals surface area contributed by atoms with Crippen LogP contribution in [0.25, 0.3) is 22.6 Å². The van der Waals surface area contributed by atoms with Crippen molar-refractivity contribution in [2.45, 2.75) is 6.92 Å². The molecule has 0 bridgehead atoms. The van der Waals surface area contributed by atoms with E-state index >= 15 is 0 Å². The second-order valence-electron chi connectivity index (χ2n) is 7.45. The molecule has 1 aliphatic rings. The molecule has 4 aromatic rings. The molecule has 7 nitrogen and oxygen atoms in total. The molecule has 0 saturated heterocycles. The van der Waals surface area contributed by atoms with E-state index in [9.17, 15) is 4.79 Å². The van der Waals surface area contributed by atoms with Crippen molar-refractivity contribution in [3.63, 3.8) is 0 Å². The lowest BCUT2D eigenvalue weighted by molar-refractivity contribution is 0.0976. The highest BCUT2D eigenvalue weighted by Crippen LogP contribution is 2.32. The Morgan fingerprint density at radius 1 is 1.03 bits per heavy atom. The summed E-state index contributed by atoms with van der Waals surface area (Å²) in [5.74, 6) is 1.21. The summed E-state index contributed by atoms with van der Waals surface area (Å²) >= 11 is 11.7. The van der Waals surface area contributed by atoms with Gasteiger partial charge in [-0.3, -0.25) is 10.1 Å². The van der Waals surface area contributed by atoms with Gasteiger partial charge in [-0.15, -0.1) is 0 Å². The average molecular weight is 480 g/mol. The number of carbonyl (C=O) groups excluding carboxylic acids is 1. The molecule has 0 aliphatic carbocycles. The Balaban J connectivity index is 1.32. The molecule has 2 N–H and O–H groups in total. The van der Waals surface area contributed by atoms with Crippen LogP contribution in [0.15, 0.2) is 59.0 Å². The second-order valence-corrected chi connectivity index (χ2v) is 8.27. The minimum atomic E-state index is -0.383. The number of fused-ring (bicyclic) bond motifs is 2. The predicted octanol–water partition coefficient (Wildman–Crippen LogP) is 5.35. The van der Waals surface area contributed by atoms with Crippen LogP contribution < -0.4 is 20.1 Å². The van der Waals surface area contributed by atoms with Crippen molar-refractivity contribution in [1.29, 1.82) is 0 Å². The molecule has 0 fully saturated rings. The third-order valence-electron chi connectivity index (χ3n) is 5.04. The maximum absolute atomic E-state index is 12.6. The summed E-state index contributed by atoms with van der Waals surface area (Å²) in [5, 5.41) is 6.15. The summed E-state index contributed by atoms with van der Waals surface area (Å²) in [6.45, 7) is 2.91. The van der Waals surface area contributed by atoms with Crippen molar-refractivity contribution in [2.75, 3.05) is 18.5 Å². The molecule has 1 amide bonds. The zero-order valence-corrected chi connectivity index (χ0v) is 19.0. The quantitative estimate of drug-likeness (QED) is 0.383. The summed E-state index contributed by atoms with van der Waals surface area (Å²) < 4.78 is 16.9. The topological polar surface area (TPSA) is 85.6 Å². The summed E-state index contributed by atoms with van der Waals surface area (Å²) in [5.41, 5.74) is 4.18. The number of oxazole rings is 1. The second kappa shape index (κ2) is 8.73. The maximum atomic E-state index is 12.6. The summed E-state index contributed by atoms with van der Waals surface area (Å²) in [6.07, 6.45) is 0. The summed E-state index contributed by atoms with van der Waals surface area (Å²) in [6, 6.07) is 16.1. The first kappa shape index (κ1) is 21.2. The van der Waals surface area contributed by atoms with Gasteiger partial charge in [0.2, 0.25) is 5.89 Å². The van der Waals surface area contributed by atoms with E-state index in [0.29, 0.717) is 52.5 Å². The van der Waals surface area contributed by atoms with E-state index in [1.807, 2.05) is 31.2 Å². The van der Waals surface area contributed by atoms with Gasteiger partial charge in [-0.05, 0) is 73.2 Å². The van der Waals surface area contributed by atoms with Gasteiger partial charge >= 0.3 is 0 Å². The first-order chi connectivity index (χ1) is 16.0. The maximum Gasteiger partial charge on any atom is 0.257 e. The molecule has 0 spiro atoms. The first-order valence-electron chi connectivity index (χ1n) is 10.2. The van der Waals surface area contributed by atoms with E-state index < -0.39 is 0 Å². The number of hydrogen-bond donors (Lipinski definition) is 2. The largest absolute Gasteiger partial charge is 0.486 e.